The van der Waals surface area contributed by atoms with Crippen LogP contribution in [0.3, 0.4) is 0 Å². The highest BCUT2D eigenvalue weighted by atomic mass is 16.5. The average Bonchev–Trinajstić information content (AvgIpc) is 3.10. The van der Waals surface area contributed by atoms with Crippen LogP contribution < -0.4 is 0 Å². The molecule has 146 valence electrons. The molecular formula is C21H32O5. The van der Waals surface area contributed by atoms with Gasteiger partial charge in [0.1, 0.15) is 6.61 Å². The third kappa shape index (κ3) is 5.79. The van der Waals surface area contributed by atoms with E-state index in [2.05, 4.69) is 19.6 Å². The minimum absolute atomic E-state index is 0.0438. The van der Waals surface area contributed by atoms with Gasteiger partial charge in [0.05, 0.1) is 18.8 Å². The quantitative estimate of drug-likeness (QED) is 0.387. The van der Waals surface area contributed by atoms with Gasteiger partial charge < -0.3 is 20.1 Å². The lowest BCUT2D eigenvalue weighted by Crippen LogP contribution is -2.18. The monoisotopic (exact) mass is 364 g/mol. The number of carboxylic acids is 1. The lowest BCUT2D eigenvalue weighted by atomic mass is 9.88. The zero-order valence-electron chi connectivity index (χ0n) is 15.6. The molecule has 0 heterocycles. The smallest absolute Gasteiger partial charge is 0.329 e. The normalized spacial score (nSPS) is 29.0. The predicted molar refractivity (Wildman–Crippen MR) is 101 cm³/mol. The first-order chi connectivity index (χ1) is 12.4. The largest absolute Gasteiger partial charge is 0.480 e. The van der Waals surface area contributed by atoms with E-state index in [1.54, 1.807) is 0 Å². The number of aliphatic hydroxyl groups excluding tert-OH is 2. The molecule has 2 aliphatic rings. The Morgan fingerprint density at radius 1 is 1.42 bits per heavy atom. The summed E-state index contributed by atoms with van der Waals surface area (Å²) in [5, 5.41) is 29.1. The molecule has 0 aliphatic heterocycles. The van der Waals surface area contributed by atoms with E-state index in [4.69, 9.17) is 9.84 Å². The van der Waals surface area contributed by atoms with Crippen molar-refractivity contribution in [2.24, 2.45) is 17.8 Å². The molecule has 0 amide bonds. The van der Waals surface area contributed by atoms with Crippen molar-refractivity contribution in [3.8, 4) is 0 Å². The summed E-state index contributed by atoms with van der Waals surface area (Å²) in [6.45, 7) is 6.05. The van der Waals surface area contributed by atoms with Crippen molar-refractivity contribution in [3.63, 3.8) is 0 Å². The van der Waals surface area contributed by atoms with E-state index in [1.165, 1.54) is 0 Å². The van der Waals surface area contributed by atoms with Gasteiger partial charge in [-0.2, -0.15) is 0 Å². The predicted octanol–water partition coefficient (Wildman–Crippen LogP) is 3.08. The maximum Gasteiger partial charge on any atom is 0.329 e. The van der Waals surface area contributed by atoms with Gasteiger partial charge in [-0.15, -0.1) is 0 Å². The van der Waals surface area contributed by atoms with Gasteiger partial charge in [-0.3, -0.25) is 0 Å². The highest BCUT2D eigenvalue weighted by molar-refractivity contribution is 5.68. The lowest BCUT2D eigenvalue weighted by molar-refractivity contribution is -0.141. The molecule has 5 nitrogen and oxygen atoms in total. The fourth-order valence-electron chi connectivity index (χ4n) is 4.08. The standard InChI is InChI=1S/C21H32O5/c1-3-4-5-6-17(22)7-8-18-19-10-15(9-16(19)11-20(18)23)14(2)12-26-13-21(24)25/h7-9,16-20,22-23H,2-6,10-13H2,1H3,(H,24,25)/b8-7+/t16-,17-,18+,19-,20+/m0/s1. The van der Waals surface area contributed by atoms with Crippen molar-refractivity contribution in [2.75, 3.05) is 13.2 Å². The number of unbranched alkanes of at least 4 members (excludes halogenated alkanes) is 2. The highest BCUT2D eigenvalue weighted by Crippen LogP contribution is 2.48. The zero-order valence-corrected chi connectivity index (χ0v) is 15.6. The third-order valence-electron chi connectivity index (χ3n) is 5.49. The van der Waals surface area contributed by atoms with Crippen molar-refractivity contribution in [1.82, 2.24) is 0 Å². The molecule has 0 aromatic heterocycles. The Hall–Kier alpha value is -1.43. The Kier molecular flexibility index (Phi) is 8.07. The van der Waals surface area contributed by atoms with Crippen LogP contribution in [0.4, 0.5) is 0 Å². The molecular weight excluding hydrogens is 332 g/mol. The second kappa shape index (κ2) is 10.0. The topological polar surface area (TPSA) is 87.0 Å². The van der Waals surface area contributed by atoms with E-state index >= 15 is 0 Å². The van der Waals surface area contributed by atoms with Crippen LogP contribution in [0, 0.1) is 17.8 Å². The Labute approximate surface area is 156 Å². The molecule has 0 saturated heterocycles. The van der Waals surface area contributed by atoms with Gasteiger partial charge in [0.2, 0.25) is 0 Å². The summed E-state index contributed by atoms with van der Waals surface area (Å²) in [5.74, 6) is -0.318. The first-order valence-corrected chi connectivity index (χ1v) is 9.65. The van der Waals surface area contributed by atoms with E-state index in [1.807, 2.05) is 12.2 Å². The van der Waals surface area contributed by atoms with Crippen LogP contribution in [0.1, 0.15) is 45.4 Å². The Bertz CT molecular complexity index is 551. The number of rotatable bonds is 11. The molecule has 1 fully saturated rings. The maximum atomic E-state index is 10.5. The van der Waals surface area contributed by atoms with Crippen LogP contribution in [0.25, 0.3) is 0 Å². The number of ether oxygens (including phenoxy) is 1. The van der Waals surface area contributed by atoms with Crippen LogP contribution in [0.15, 0.2) is 36.0 Å². The summed E-state index contributed by atoms with van der Waals surface area (Å²) >= 11 is 0. The van der Waals surface area contributed by atoms with E-state index < -0.39 is 12.1 Å². The van der Waals surface area contributed by atoms with Crippen molar-refractivity contribution in [1.29, 1.82) is 0 Å². The summed E-state index contributed by atoms with van der Waals surface area (Å²) in [5.41, 5.74) is 1.93. The second-order valence-corrected chi connectivity index (χ2v) is 7.54. The van der Waals surface area contributed by atoms with Crippen LogP contribution in [0.2, 0.25) is 0 Å². The summed E-state index contributed by atoms with van der Waals surface area (Å²) in [4.78, 5) is 10.5. The summed E-state index contributed by atoms with van der Waals surface area (Å²) < 4.78 is 5.13. The summed E-state index contributed by atoms with van der Waals surface area (Å²) in [7, 11) is 0. The van der Waals surface area contributed by atoms with Gasteiger partial charge in [0.25, 0.3) is 0 Å². The molecule has 0 aromatic rings. The fraction of sp³-hybridized carbons (Fsp3) is 0.667. The molecule has 0 radical (unpaired) electrons. The Morgan fingerprint density at radius 2 is 2.19 bits per heavy atom. The minimum Gasteiger partial charge on any atom is -0.480 e. The number of fused-ring (bicyclic) bond motifs is 1. The molecule has 2 rings (SSSR count). The van der Waals surface area contributed by atoms with Gasteiger partial charge in [0, 0.05) is 5.92 Å². The Balaban J connectivity index is 1.86. The molecule has 3 N–H and O–H groups in total. The van der Waals surface area contributed by atoms with E-state index in [9.17, 15) is 15.0 Å². The van der Waals surface area contributed by atoms with Crippen LogP contribution in [-0.4, -0.2) is 46.7 Å². The molecule has 26 heavy (non-hydrogen) atoms. The number of hydrogen-bond donors (Lipinski definition) is 3. The molecule has 2 aliphatic carbocycles. The van der Waals surface area contributed by atoms with Crippen LogP contribution >= 0.6 is 0 Å². The minimum atomic E-state index is -0.985. The zero-order chi connectivity index (χ0) is 19.1. The molecule has 0 spiro atoms. The molecule has 5 heteroatoms. The molecule has 0 aromatic carbocycles. The van der Waals surface area contributed by atoms with Crippen molar-refractivity contribution >= 4 is 5.97 Å². The average molecular weight is 364 g/mol. The van der Waals surface area contributed by atoms with Crippen molar-refractivity contribution < 1.29 is 24.9 Å². The maximum absolute atomic E-state index is 10.5. The number of allylic oxidation sites excluding steroid dienone is 1. The van der Waals surface area contributed by atoms with E-state index in [0.717, 1.165) is 49.7 Å². The van der Waals surface area contributed by atoms with Gasteiger partial charge in [-0.1, -0.05) is 51.0 Å². The number of hydrogen-bond acceptors (Lipinski definition) is 4. The number of aliphatic hydroxyl groups is 2. The lowest BCUT2D eigenvalue weighted by Gasteiger charge is -2.19. The highest BCUT2D eigenvalue weighted by Gasteiger charge is 2.43. The first kappa shape index (κ1) is 20.9. The van der Waals surface area contributed by atoms with Gasteiger partial charge in [-0.05, 0) is 42.2 Å². The van der Waals surface area contributed by atoms with Gasteiger partial charge in [-0.25, -0.2) is 4.79 Å². The molecule has 0 bridgehead atoms. The SMILES string of the molecule is C=C(COCC(=O)O)C1=C[C@H]2C[C@@H](O)[C@H](/C=C/[C@@H](O)CCCCC)[C@H]2C1. The second-order valence-electron chi connectivity index (χ2n) is 7.54. The van der Waals surface area contributed by atoms with Crippen molar-refractivity contribution in [3.05, 3.63) is 36.0 Å². The van der Waals surface area contributed by atoms with Crippen molar-refractivity contribution in [2.45, 2.75) is 57.7 Å². The number of aliphatic carboxylic acids is 1. The summed E-state index contributed by atoms with van der Waals surface area (Å²) in [6, 6.07) is 0. The number of carboxylic acid groups (broad SMARTS) is 1. The molecule has 1 saturated carbocycles. The first-order valence-electron chi connectivity index (χ1n) is 9.65. The van der Waals surface area contributed by atoms with Gasteiger partial charge >= 0.3 is 5.97 Å². The van der Waals surface area contributed by atoms with Crippen LogP contribution in [0.5, 0.6) is 0 Å². The molecule has 5 atom stereocenters. The third-order valence-corrected chi connectivity index (χ3v) is 5.49. The molecule has 0 unspecified atom stereocenters. The fourth-order valence-corrected chi connectivity index (χ4v) is 4.08. The van der Waals surface area contributed by atoms with Gasteiger partial charge in [0.15, 0.2) is 0 Å². The Morgan fingerprint density at radius 3 is 2.88 bits per heavy atom. The number of carbonyl (C=O) groups is 1. The van der Waals surface area contributed by atoms with E-state index in [0.29, 0.717) is 11.8 Å². The van der Waals surface area contributed by atoms with Crippen LogP contribution in [-0.2, 0) is 9.53 Å². The summed E-state index contributed by atoms with van der Waals surface area (Å²) in [6.07, 6.45) is 10.8. The van der Waals surface area contributed by atoms with E-state index in [-0.39, 0.29) is 25.2 Å².